The number of nitrogens with one attached hydrogen (secondary N) is 1. The number of rotatable bonds is 5. The summed E-state index contributed by atoms with van der Waals surface area (Å²) in [6.45, 7) is 7.79. The summed E-state index contributed by atoms with van der Waals surface area (Å²) in [6, 6.07) is 1.63. The molecule has 0 spiro atoms. The van der Waals surface area contributed by atoms with Gasteiger partial charge in [0.1, 0.15) is 0 Å². The van der Waals surface area contributed by atoms with Crippen molar-refractivity contribution >= 4 is 23.3 Å². The Morgan fingerprint density at radius 3 is 2.55 bits per heavy atom. The maximum Gasteiger partial charge on any atom is 0.318 e. The first-order valence-corrected chi connectivity index (χ1v) is 7.48. The molecule has 0 aliphatic heterocycles. The van der Waals surface area contributed by atoms with Crippen molar-refractivity contribution in [3.63, 3.8) is 0 Å². The number of aliphatic carboxylic acids is 1. The molecule has 1 atom stereocenters. The number of carbonyl (C=O) groups is 2. The SMILES string of the molecule is CC(NC(=O)N(CCC(=O)O)C(C)(C)C)c1ccsc1. The molecule has 0 aromatic carbocycles. The van der Waals surface area contributed by atoms with Crippen LogP contribution in [0.4, 0.5) is 4.79 Å². The number of hydrogen-bond acceptors (Lipinski definition) is 3. The average Bonchev–Trinajstić information content (AvgIpc) is 2.79. The van der Waals surface area contributed by atoms with Gasteiger partial charge >= 0.3 is 12.0 Å². The van der Waals surface area contributed by atoms with Gasteiger partial charge in [-0.15, -0.1) is 0 Å². The van der Waals surface area contributed by atoms with Gasteiger partial charge in [0.15, 0.2) is 0 Å². The van der Waals surface area contributed by atoms with E-state index in [2.05, 4.69) is 5.32 Å². The van der Waals surface area contributed by atoms with E-state index in [4.69, 9.17) is 5.11 Å². The quantitative estimate of drug-likeness (QED) is 0.877. The molecule has 0 aliphatic carbocycles. The lowest BCUT2D eigenvalue weighted by Gasteiger charge is -2.36. The summed E-state index contributed by atoms with van der Waals surface area (Å²) >= 11 is 1.58. The highest BCUT2D eigenvalue weighted by Crippen LogP contribution is 2.18. The number of carboxylic acid groups (broad SMARTS) is 1. The van der Waals surface area contributed by atoms with E-state index in [1.54, 1.807) is 16.2 Å². The summed E-state index contributed by atoms with van der Waals surface area (Å²) in [7, 11) is 0. The highest BCUT2D eigenvalue weighted by atomic mass is 32.1. The third kappa shape index (κ3) is 4.85. The van der Waals surface area contributed by atoms with Crippen molar-refractivity contribution in [2.45, 2.75) is 45.7 Å². The van der Waals surface area contributed by atoms with Crippen LogP contribution in [0.1, 0.15) is 45.7 Å². The van der Waals surface area contributed by atoms with Crippen LogP contribution < -0.4 is 5.32 Å². The predicted molar refractivity (Wildman–Crippen MR) is 80.0 cm³/mol. The van der Waals surface area contributed by atoms with Gasteiger partial charge in [-0.1, -0.05) is 0 Å². The van der Waals surface area contributed by atoms with Crippen molar-refractivity contribution in [2.75, 3.05) is 6.54 Å². The number of carboxylic acids is 1. The molecular weight excluding hydrogens is 276 g/mol. The van der Waals surface area contributed by atoms with Gasteiger partial charge in [-0.25, -0.2) is 4.79 Å². The molecule has 0 saturated heterocycles. The van der Waals surface area contributed by atoms with Gasteiger partial charge in [-0.3, -0.25) is 4.79 Å². The summed E-state index contributed by atoms with van der Waals surface area (Å²) in [5, 5.41) is 15.7. The molecule has 1 aromatic heterocycles. The van der Waals surface area contributed by atoms with Gasteiger partial charge in [0, 0.05) is 12.1 Å². The number of hydrogen-bond donors (Lipinski definition) is 2. The van der Waals surface area contributed by atoms with E-state index < -0.39 is 11.5 Å². The molecule has 0 fully saturated rings. The zero-order chi connectivity index (χ0) is 15.3. The zero-order valence-corrected chi connectivity index (χ0v) is 13.2. The zero-order valence-electron chi connectivity index (χ0n) is 12.3. The molecular formula is C14H22N2O3S. The number of thiophene rings is 1. The van der Waals surface area contributed by atoms with E-state index in [0.717, 1.165) is 5.56 Å². The molecule has 0 aliphatic rings. The van der Waals surface area contributed by atoms with Crippen LogP contribution in [0.3, 0.4) is 0 Å². The molecule has 1 aromatic rings. The summed E-state index contributed by atoms with van der Waals surface area (Å²) in [6.07, 6.45) is -0.0580. The van der Waals surface area contributed by atoms with E-state index in [9.17, 15) is 9.59 Å². The van der Waals surface area contributed by atoms with E-state index in [0.29, 0.717) is 0 Å². The standard InChI is InChI=1S/C14H22N2O3S/c1-10(11-6-8-20-9-11)15-13(19)16(14(2,3)4)7-5-12(17)18/h6,8-10H,5,7H2,1-4H3,(H,15,19)(H,17,18). The normalized spacial score (nSPS) is 12.8. The van der Waals surface area contributed by atoms with Gasteiger partial charge in [0.05, 0.1) is 12.5 Å². The number of amides is 2. The second-order valence-corrected chi connectivity index (χ2v) is 6.47. The smallest absolute Gasteiger partial charge is 0.318 e. The van der Waals surface area contributed by atoms with E-state index in [1.807, 2.05) is 44.5 Å². The molecule has 5 nitrogen and oxygen atoms in total. The van der Waals surface area contributed by atoms with Gasteiger partial charge in [-0.05, 0) is 50.1 Å². The van der Waals surface area contributed by atoms with Crippen molar-refractivity contribution in [3.05, 3.63) is 22.4 Å². The van der Waals surface area contributed by atoms with Gasteiger partial charge in [-0.2, -0.15) is 11.3 Å². The first kappa shape index (κ1) is 16.5. The first-order valence-electron chi connectivity index (χ1n) is 6.54. The molecule has 1 unspecified atom stereocenters. The van der Waals surface area contributed by atoms with Crippen LogP contribution in [-0.4, -0.2) is 34.1 Å². The molecule has 112 valence electrons. The number of nitrogens with zero attached hydrogens (tertiary/aromatic N) is 1. The maximum absolute atomic E-state index is 12.3. The average molecular weight is 298 g/mol. The maximum atomic E-state index is 12.3. The lowest BCUT2D eigenvalue weighted by Crippen LogP contribution is -2.51. The van der Waals surface area contributed by atoms with Crippen molar-refractivity contribution in [3.8, 4) is 0 Å². The Morgan fingerprint density at radius 2 is 2.10 bits per heavy atom. The Bertz CT molecular complexity index is 451. The Hall–Kier alpha value is -1.56. The van der Waals surface area contributed by atoms with Crippen LogP contribution in [0.15, 0.2) is 16.8 Å². The Labute approximate surface area is 123 Å². The molecule has 20 heavy (non-hydrogen) atoms. The molecule has 6 heteroatoms. The number of urea groups is 1. The fourth-order valence-electron chi connectivity index (χ4n) is 1.82. The molecule has 0 saturated carbocycles. The van der Waals surface area contributed by atoms with Crippen LogP contribution in [0.2, 0.25) is 0 Å². The summed E-state index contributed by atoms with van der Waals surface area (Å²) in [5.41, 5.74) is 0.629. The monoisotopic (exact) mass is 298 g/mol. The van der Waals surface area contributed by atoms with E-state index in [-0.39, 0.29) is 25.0 Å². The third-order valence-corrected chi connectivity index (χ3v) is 3.69. The van der Waals surface area contributed by atoms with Crippen LogP contribution in [-0.2, 0) is 4.79 Å². The highest BCUT2D eigenvalue weighted by Gasteiger charge is 2.27. The minimum absolute atomic E-state index is 0.0580. The van der Waals surface area contributed by atoms with Crippen LogP contribution in [0.25, 0.3) is 0 Å². The molecule has 0 radical (unpaired) electrons. The van der Waals surface area contributed by atoms with Crippen molar-refractivity contribution in [1.29, 1.82) is 0 Å². The second kappa shape index (κ2) is 6.74. The first-order chi connectivity index (χ1) is 9.21. The minimum Gasteiger partial charge on any atom is -0.481 e. The van der Waals surface area contributed by atoms with Crippen molar-refractivity contribution < 1.29 is 14.7 Å². The van der Waals surface area contributed by atoms with E-state index in [1.165, 1.54) is 0 Å². The van der Waals surface area contributed by atoms with Crippen molar-refractivity contribution in [1.82, 2.24) is 10.2 Å². The largest absolute Gasteiger partial charge is 0.481 e. The van der Waals surface area contributed by atoms with Gasteiger partial charge < -0.3 is 15.3 Å². The van der Waals surface area contributed by atoms with Crippen LogP contribution >= 0.6 is 11.3 Å². The van der Waals surface area contributed by atoms with Gasteiger partial charge in [0.2, 0.25) is 0 Å². The van der Waals surface area contributed by atoms with Crippen LogP contribution in [0, 0.1) is 0 Å². The summed E-state index contributed by atoms with van der Waals surface area (Å²) in [5.74, 6) is -0.905. The third-order valence-electron chi connectivity index (χ3n) is 2.99. The van der Waals surface area contributed by atoms with Crippen LogP contribution in [0.5, 0.6) is 0 Å². The molecule has 2 N–H and O–H groups in total. The lowest BCUT2D eigenvalue weighted by atomic mass is 10.1. The summed E-state index contributed by atoms with van der Waals surface area (Å²) in [4.78, 5) is 24.6. The fourth-order valence-corrected chi connectivity index (χ4v) is 2.57. The summed E-state index contributed by atoms with van der Waals surface area (Å²) < 4.78 is 0. The Balaban J connectivity index is 2.70. The molecule has 1 heterocycles. The van der Waals surface area contributed by atoms with Crippen molar-refractivity contribution in [2.24, 2.45) is 0 Å². The Morgan fingerprint density at radius 1 is 1.45 bits per heavy atom. The minimum atomic E-state index is -0.905. The predicted octanol–water partition coefficient (Wildman–Crippen LogP) is 3.09. The fraction of sp³-hybridized carbons (Fsp3) is 0.571. The highest BCUT2D eigenvalue weighted by molar-refractivity contribution is 7.07. The molecule has 1 rings (SSSR count). The topological polar surface area (TPSA) is 69.6 Å². The molecule has 2 amide bonds. The number of carbonyl (C=O) groups excluding carboxylic acids is 1. The lowest BCUT2D eigenvalue weighted by molar-refractivity contribution is -0.137. The van der Waals surface area contributed by atoms with Gasteiger partial charge in [0.25, 0.3) is 0 Å². The van der Waals surface area contributed by atoms with E-state index >= 15 is 0 Å². The Kier molecular flexibility index (Phi) is 5.56. The second-order valence-electron chi connectivity index (χ2n) is 5.69. The molecule has 0 bridgehead atoms.